The fourth-order valence-corrected chi connectivity index (χ4v) is 6.79. The van der Waals surface area contributed by atoms with Gasteiger partial charge in [0.2, 0.25) is 16.3 Å². The Balaban J connectivity index is 1.40. The lowest BCUT2D eigenvalue weighted by atomic mass is 9.86. The molecule has 2 atom stereocenters. The maximum atomic E-state index is 13.1. The fraction of sp³-hybridized carbons (Fsp3) is 0.654. The van der Waals surface area contributed by atoms with Gasteiger partial charge in [-0.25, -0.2) is 8.42 Å². The van der Waals surface area contributed by atoms with Crippen LogP contribution in [0.2, 0.25) is 0 Å². The topological polar surface area (TPSA) is 106 Å². The molecule has 9 nitrogen and oxygen atoms in total. The Morgan fingerprint density at radius 2 is 1.81 bits per heavy atom. The summed E-state index contributed by atoms with van der Waals surface area (Å²) < 4.78 is 44.6. The molecule has 1 amide bonds. The Bertz CT molecular complexity index is 1000. The molecule has 0 bridgehead atoms. The van der Waals surface area contributed by atoms with Crippen molar-refractivity contribution in [3.63, 3.8) is 0 Å². The number of carbonyl (C=O) groups is 1. The molecule has 1 saturated carbocycles. The molecule has 2 fully saturated rings. The molecule has 36 heavy (non-hydrogen) atoms. The van der Waals surface area contributed by atoms with E-state index < -0.39 is 16.3 Å². The van der Waals surface area contributed by atoms with Crippen molar-refractivity contribution in [2.24, 2.45) is 11.8 Å². The lowest BCUT2D eigenvalue weighted by Crippen LogP contribution is -2.39. The number of carbonyl (C=O) groups excluding carboxylic acids is 1. The Kier molecular flexibility index (Phi) is 9.27. The summed E-state index contributed by atoms with van der Waals surface area (Å²) in [5.74, 6) is 1.58. The first-order chi connectivity index (χ1) is 17.4. The second-order valence-electron chi connectivity index (χ2n) is 9.70. The summed E-state index contributed by atoms with van der Waals surface area (Å²) in [5.41, 5.74) is 0. The zero-order valence-corrected chi connectivity index (χ0v) is 21.8. The highest BCUT2D eigenvalue weighted by Crippen LogP contribution is 2.38. The number of hydrogen-bond acceptors (Lipinski definition) is 7. The Morgan fingerprint density at radius 3 is 2.44 bits per heavy atom. The molecule has 1 aromatic carbocycles. The molecule has 10 heteroatoms. The molecule has 0 spiro atoms. The highest BCUT2D eigenvalue weighted by molar-refractivity contribution is 7.89. The van der Waals surface area contributed by atoms with E-state index >= 15 is 0 Å². The molecule has 0 aromatic heterocycles. The average Bonchev–Trinajstić information content (AvgIpc) is 3.63. The third-order valence-electron chi connectivity index (χ3n) is 7.39. The van der Waals surface area contributed by atoms with E-state index in [0.717, 1.165) is 38.8 Å². The number of ether oxygens (including phenoxy) is 3. The smallest absolute Gasteiger partial charge is 0.288 e. The lowest BCUT2D eigenvalue weighted by molar-refractivity contribution is -0.156. The van der Waals surface area contributed by atoms with E-state index in [2.05, 4.69) is 0 Å². The van der Waals surface area contributed by atoms with Crippen LogP contribution in [0.15, 0.2) is 41.0 Å². The second kappa shape index (κ2) is 12.4. The van der Waals surface area contributed by atoms with Gasteiger partial charge in [-0.3, -0.25) is 4.79 Å². The first kappa shape index (κ1) is 26.9. The third-order valence-corrected chi connectivity index (χ3v) is 9.30. The maximum absolute atomic E-state index is 13.1. The van der Waals surface area contributed by atoms with Crippen molar-refractivity contribution >= 4 is 15.9 Å². The van der Waals surface area contributed by atoms with Crippen molar-refractivity contribution < 1.29 is 32.5 Å². The number of sulfonamides is 1. The van der Waals surface area contributed by atoms with Crippen molar-refractivity contribution in [2.45, 2.75) is 56.1 Å². The first-order valence-corrected chi connectivity index (χ1v) is 14.4. The fourth-order valence-electron chi connectivity index (χ4n) is 5.37. The number of benzene rings is 1. The molecule has 2 aliphatic heterocycles. The average molecular weight is 523 g/mol. The number of aliphatic hydroxyl groups is 1. The Hall–Kier alpha value is -2.14. The van der Waals surface area contributed by atoms with Crippen LogP contribution >= 0.6 is 0 Å². The number of likely N-dealkylation sites (tertiary alicyclic amines) is 1. The summed E-state index contributed by atoms with van der Waals surface area (Å²) in [6, 6.07) is 6.14. The van der Waals surface area contributed by atoms with Crippen LogP contribution in [0.25, 0.3) is 0 Å². The SMILES string of the molecule is COc1ccc(S(=O)(=O)N(CCO)CCO[C@H]2C[C@@H](C3CCCC3)C=C(C(=O)N3CCCC3)O2)cc1. The van der Waals surface area contributed by atoms with E-state index in [1.807, 2.05) is 11.0 Å². The van der Waals surface area contributed by atoms with Crippen LogP contribution in [-0.4, -0.2) is 81.4 Å². The monoisotopic (exact) mass is 522 g/mol. The van der Waals surface area contributed by atoms with Crippen molar-refractivity contribution in [1.29, 1.82) is 0 Å². The van der Waals surface area contributed by atoms with E-state index in [9.17, 15) is 18.3 Å². The lowest BCUT2D eigenvalue weighted by Gasteiger charge is -2.33. The van der Waals surface area contributed by atoms with E-state index in [1.165, 1.54) is 36.4 Å². The summed E-state index contributed by atoms with van der Waals surface area (Å²) in [6.07, 6.45) is 8.75. The van der Waals surface area contributed by atoms with Gasteiger partial charge in [-0.05, 0) is 67.9 Å². The van der Waals surface area contributed by atoms with Crippen LogP contribution in [0.1, 0.15) is 44.9 Å². The number of nitrogens with zero attached hydrogens (tertiary/aromatic N) is 2. The van der Waals surface area contributed by atoms with E-state index in [0.29, 0.717) is 23.8 Å². The van der Waals surface area contributed by atoms with Crippen LogP contribution < -0.4 is 4.74 Å². The quantitative estimate of drug-likeness (QED) is 0.476. The number of methoxy groups -OCH3 is 1. The molecule has 1 aromatic rings. The van der Waals surface area contributed by atoms with E-state index in [-0.39, 0.29) is 43.0 Å². The minimum Gasteiger partial charge on any atom is -0.497 e. The van der Waals surface area contributed by atoms with Gasteiger partial charge in [0.25, 0.3) is 5.91 Å². The van der Waals surface area contributed by atoms with Gasteiger partial charge >= 0.3 is 0 Å². The summed E-state index contributed by atoms with van der Waals surface area (Å²) in [4.78, 5) is 15.0. The molecular weight excluding hydrogens is 484 g/mol. The van der Waals surface area contributed by atoms with Crippen LogP contribution in [-0.2, 0) is 24.3 Å². The van der Waals surface area contributed by atoms with Crippen LogP contribution in [0.3, 0.4) is 0 Å². The summed E-state index contributed by atoms with van der Waals surface area (Å²) in [7, 11) is -2.31. The minimum absolute atomic E-state index is 0.0491. The van der Waals surface area contributed by atoms with Gasteiger partial charge in [-0.1, -0.05) is 12.8 Å². The Labute approximate surface area is 214 Å². The molecule has 2 heterocycles. The number of aliphatic hydroxyl groups excluding tert-OH is 1. The van der Waals surface area contributed by atoms with Crippen molar-refractivity contribution in [2.75, 3.05) is 46.5 Å². The normalized spacial score (nSPS) is 23.1. The van der Waals surface area contributed by atoms with Crippen LogP contribution in [0.5, 0.6) is 5.75 Å². The molecule has 0 unspecified atom stereocenters. The first-order valence-electron chi connectivity index (χ1n) is 13.0. The molecule has 1 N–H and O–H groups in total. The number of allylic oxidation sites excluding steroid dienone is 1. The highest BCUT2D eigenvalue weighted by Gasteiger charge is 2.35. The number of hydrogen-bond donors (Lipinski definition) is 1. The predicted octanol–water partition coefficient (Wildman–Crippen LogP) is 2.75. The van der Waals surface area contributed by atoms with Gasteiger partial charge in [0.1, 0.15) is 5.75 Å². The van der Waals surface area contributed by atoms with Crippen LogP contribution in [0.4, 0.5) is 0 Å². The van der Waals surface area contributed by atoms with E-state index in [4.69, 9.17) is 14.2 Å². The van der Waals surface area contributed by atoms with E-state index in [1.54, 1.807) is 12.1 Å². The zero-order valence-electron chi connectivity index (χ0n) is 21.0. The highest BCUT2D eigenvalue weighted by atomic mass is 32.2. The molecule has 0 radical (unpaired) electrons. The van der Waals surface area contributed by atoms with Gasteiger partial charge < -0.3 is 24.2 Å². The van der Waals surface area contributed by atoms with Gasteiger partial charge in [0.05, 0.1) is 25.2 Å². The molecule has 1 saturated heterocycles. The Morgan fingerprint density at radius 1 is 1.11 bits per heavy atom. The number of rotatable bonds is 11. The summed E-state index contributed by atoms with van der Waals surface area (Å²) in [6.45, 7) is 1.28. The van der Waals surface area contributed by atoms with Crippen molar-refractivity contribution in [3.8, 4) is 5.75 Å². The van der Waals surface area contributed by atoms with Gasteiger partial charge in [-0.2, -0.15) is 4.31 Å². The van der Waals surface area contributed by atoms with Gasteiger partial charge in [-0.15, -0.1) is 0 Å². The molecule has 3 aliphatic rings. The third kappa shape index (κ3) is 6.40. The second-order valence-corrected chi connectivity index (χ2v) is 11.6. The largest absolute Gasteiger partial charge is 0.497 e. The van der Waals surface area contributed by atoms with Crippen LogP contribution in [0, 0.1) is 11.8 Å². The molecule has 200 valence electrons. The standard InChI is InChI=1S/C26H38N2O7S/c1-33-22-8-10-23(11-9-22)36(31,32)28(14-16-29)15-17-34-25-19-21(20-6-2-3-7-20)18-24(35-25)26(30)27-12-4-5-13-27/h8-11,18,20-21,25,29H,2-7,12-17,19H2,1H3/t21-,25+/m0/s1. The molecule has 1 aliphatic carbocycles. The zero-order chi connectivity index (χ0) is 25.5. The summed E-state index contributed by atoms with van der Waals surface area (Å²) in [5, 5.41) is 9.49. The molecular formula is C26H38N2O7S. The van der Waals surface area contributed by atoms with Gasteiger partial charge in [0, 0.05) is 32.6 Å². The number of amides is 1. The van der Waals surface area contributed by atoms with Crippen molar-refractivity contribution in [1.82, 2.24) is 9.21 Å². The van der Waals surface area contributed by atoms with Crippen molar-refractivity contribution in [3.05, 3.63) is 36.1 Å². The molecule has 4 rings (SSSR count). The van der Waals surface area contributed by atoms with Gasteiger partial charge in [0.15, 0.2) is 5.76 Å². The summed E-state index contributed by atoms with van der Waals surface area (Å²) >= 11 is 0. The predicted molar refractivity (Wildman–Crippen MR) is 134 cm³/mol. The maximum Gasteiger partial charge on any atom is 0.288 e. The minimum atomic E-state index is -3.83.